The van der Waals surface area contributed by atoms with Crippen LogP contribution in [0.5, 0.6) is 0 Å². The summed E-state index contributed by atoms with van der Waals surface area (Å²) in [4.78, 5) is 0. The Morgan fingerprint density at radius 3 is 0.603 bits per heavy atom. The van der Waals surface area contributed by atoms with Crippen LogP contribution in [0.4, 0.5) is 0 Å². The number of unbranched alkanes of at least 4 members (excludes halogenated alkanes) is 14. The highest BCUT2D eigenvalue weighted by Crippen LogP contribution is 2.42. The Kier molecular flexibility index (Phi) is 43.7. The van der Waals surface area contributed by atoms with Gasteiger partial charge in [-0.1, -0.05) is 141 Å². The Bertz CT molecular complexity index is 2800. The normalized spacial score (nSPS) is 42.4. The first-order chi connectivity index (χ1) is 60.3. The van der Waals surface area contributed by atoms with Gasteiger partial charge in [0.05, 0.1) is 79.3 Å². The maximum atomic E-state index is 12.0. The van der Waals surface area contributed by atoms with Crippen molar-refractivity contribution in [3.63, 3.8) is 0 Å². The third-order valence-electron chi connectivity index (χ3n) is 25.4. The monoisotopic (exact) mass is 1830 g/mol. The van der Waals surface area contributed by atoms with Crippen LogP contribution in [0.25, 0.3) is 0 Å². The molecular weight excluding hydrogens is 1690 g/mol. The molecule has 0 radical (unpaired) electrons. The first-order valence-corrected chi connectivity index (χ1v) is 44.2. The van der Waals surface area contributed by atoms with Crippen molar-refractivity contribution in [1.29, 1.82) is 0 Å². The summed E-state index contributed by atoms with van der Waals surface area (Å²) in [6.07, 6.45) is -60.0. The number of rotatable bonds is 50. The summed E-state index contributed by atoms with van der Waals surface area (Å²) in [6.45, 7) is -4.99. The smallest absolute Gasteiger partial charge is 0.187 e. The Morgan fingerprint density at radius 2 is 0.405 bits per heavy atom. The molecule has 28 N–H and O–H groups in total. The van der Waals surface area contributed by atoms with E-state index in [4.69, 9.17) is 75.8 Å². The molecule has 734 valence electrons. The molecule has 0 saturated carbocycles. The highest BCUT2D eigenvalue weighted by Gasteiger charge is 2.58. The maximum absolute atomic E-state index is 12.0. The number of hydrogen-bond donors (Lipinski definition) is 28. The average molecular weight is 1830 g/mol. The van der Waals surface area contributed by atoms with E-state index >= 15 is 0 Å². The van der Waals surface area contributed by atoms with Gasteiger partial charge in [-0.25, -0.2) is 0 Å². The van der Waals surface area contributed by atoms with E-state index in [2.05, 4.69) is 13.8 Å². The molecule has 8 aliphatic rings. The van der Waals surface area contributed by atoms with E-state index in [0.717, 1.165) is 77.0 Å². The van der Waals surface area contributed by atoms with E-state index in [1.807, 2.05) is 0 Å². The van der Waals surface area contributed by atoms with Gasteiger partial charge in [0.1, 0.15) is 195 Å². The number of aliphatic hydroxyl groups is 28. The third-order valence-corrected chi connectivity index (χ3v) is 25.4. The van der Waals surface area contributed by atoms with Gasteiger partial charge in [-0.15, -0.1) is 0 Å². The Morgan fingerprint density at radius 1 is 0.222 bits per heavy atom. The quantitative estimate of drug-likeness (QED) is 0.0269. The first-order valence-electron chi connectivity index (χ1n) is 44.2. The minimum absolute atomic E-state index is 0.0621. The van der Waals surface area contributed by atoms with Gasteiger partial charge in [0.25, 0.3) is 0 Å². The molecule has 8 saturated heterocycles. The van der Waals surface area contributed by atoms with E-state index < -0.39 is 336 Å². The lowest BCUT2D eigenvalue weighted by Gasteiger charge is -2.47. The van der Waals surface area contributed by atoms with Gasteiger partial charge < -0.3 is 219 Å². The van der Waals surface area contributed by atoms with Gasteiger partial charge in [-0.2, -0.15) is 0 Å². The zero-order valence-corrected chi connectivity index (χ0v) is 71.1. The van der Waals surface area contributed by atoms with Crippen LogP contribution in [-0.4, -0.2) is 468 Å². The lowest BCUT2D eigenvalue weighted by Crippen LogP contribution is -2.65. The summed E-state index contributed by atoms with van der Waals surface area (Å²) >= 11 is 0. The van der Waals surface area contributed by atoms with Gasteiger partial charge in [-0.3, -0.25) is 0 Å². The third kappa shape index (κ3) is 27.0. The van der Waals surface area contributed by atoms with Gasteiger partial charge in [0.15, 0.2) is 50.3 Å². The van der Waals surface area contributed by atoms with Crippen molar-refractivity contribution >= 4 is 0 Å². The van der Waals surface area contributed by atoms with E-state index in [0.29, 0.717) is 36.8 Å². The molecule has 16 unspecified atom stereocenters. The standard InChI is InChI=1S/C82H142O44/c1-3-5-7-9-11-13-15-17-23-81(35-111-73-65(107)57(99)69(45(31-87)119-73)123-77-61(103)53(95)49(91)41(27-83)115-77,36-112-74-66(108)58(100)70(46(32-88)120-74)124-78-62(104)54(96)50(92)42(28-84)116-78)25-39-19-21-40(22-20-39)26-82(24-18-16-14-12-10-8-6-4-2,37-113-75-67(109)59(101)71(47(33-89)121-75)125-79-63(105)55(97)51(93)43(29-85)117-79)38-114-76-68(110)60(102)72(48(34-90)122-76)126-80-64(106)56(98)52(94)44(30-86)118-80/h19-22,41-80,83-110H,3-18,23-38H2,1-2H3/t41?,42?,43?,44?,45?,46?,47?,48?,49-,50-,51-,52-,53+,54+,55+,56+,57-,58-,59-,60-,61?,62?,63?,64?,65?,66?,67?,68?,69-,70-,71-,72-,73-,74-,75-,76-,77-,78-,79-,80-,81?,82?/m1/s1. The van der Waals surface area contributed by atoms with Crippen molar-refractivity contribution in [2.45, 2.75) is 388 Å². The molecule has 8 fully saturated rings. The molecule has 126 heavy (non-hydrogen) atoms. The predicted molar refractivity (Wildman–Crippen MR) is 423 cm³/mol. The van der Waals surface area contributed by atoms with E-state index in [-0.39, 0.29) is 25.7 Å². The van der Waals surface area contributed by atoms with Gasteiger partial charge in [0.2, 0.25) is 0 Å². The maximum Gasteiger partial charge on any atom is 0.187 e. The number of ether oxygens (including phenoxy) is 16. The van der Waals surface area contributed by atoms with E-state index in [1.54, 1.807) is 24.3 Å². The van der Waals surface area contributed by atoms with E-state index in [1.165, 1.54) is 0 Å². The molecular formula is C82H142O44. The average Bonchev–Trinajstić information content (AvgIpc) is 0.791. The summed E-state index contributed by atoms with van der Waals surface area (Å²) in [6, 6.07) is 6.92. The fraction of sp³-hybridized carbons (Fsp3) is 0.927. The highest BCUT2D eigenvalue weighted by atomic mass is 16.8. The molecule has 44 nitrogen and oxygen atoms in total. The molecule has 1 aromatic carbocycles. The number of aliphatic hydroxyl groups excluding tert-OH is 28. The summed E-state index contributed by atoms with van der Waals surface area (Å²) in [5.74, 6) is 0. The highest BCUT2D eigenvalue weighted by molar-refractivity contribution is 5.25. The predicted octanol–water partition coefficient (Wildman–Crippen LogP) is -9.63. The van der Waals surface area contributed by atoms with Gasteiger partial charge >= 0.3 is 0 Å². The van der Waals surface area contributed by atoms with Gasteiger partial charge in [0, 0.05) is 10.8 Å². The van der Waals surface area contributed by atoms with Crippen LogP contribution in [0.15, 0.2) is 24.3 Å². The van der Waals surface area contributed by atoms with Crippen molar-refractivity contribution in [3.05, 3.63) is 35.4 Å². The van der Waals surface area contributed by atoms with Crippen molar-refractivity contribution in [1.82, 2.24) is 0 Å². The topological polar surface area (TPSA) is 714 Å². The summed E-state index contributed by atoms with van der Waals surface area (Å²) in [7, 11) is 0. The molecule has 0 aliphatic carbocycles. The number of benzene rings is 1. The van der Waals surface area contributed by atoms with Crippen molar-refractivity contribution in [2.24, 2.45) is 10.8 Å². The van der Waals surface area contributed by atoms with Crippen LogP contribution in [0.3, 0.4) is 0 Å². The zero-order valence-electron chi connectivity index (χ0n) is 71.1. The Labute approximate surface area is 729 Å². The minimum Gasteiger partial charge on any atom is -0.394 e. The van der Waals surface area contributed by atoms with Crippen molar-refractivity contribution in [2.75, 3.05) is 79.3 Å². The molecule has 40 atom stereocenters. The fourth-order valence-corrected chi connectivity index (χ4v) is 17.5. The molecule has 0 amide bonds. The SMILES string of the molecule is CCCCCCCCCCC(CO[C@@H]1OC(CO)[C@@H](O[C@H]2OC(CO)[C@@H](O)[C@H](O)C2O)[C@H](O)C1O)(CO[C@@H]1OC(CO)[C@@H](O[C@H]2OC(CO)[C@@H](O)[C@H](O)C2O)[C@H](O)C1O)Cc1ccc(CC(CCCCCCCCCC)(CO[C@@H]2OC(CO)[C@@H](O[C@H]3OC(CO)[C@@H](O)[C@H](O)C3O)[C@H](O)C2O)CO[C@@H]2OC(CO)[C@@H](O[C@H]3OC(CO)[C@@H](O)[C@H](O)C3O)[C@H](O)C2O)cc1. The van der Waals surface area contributed by atoms with Crippen molar-refractivity contribution in [3.8, 4) is 0 Å². The second-order valence-electron chi connectivity index (χ2n) is 34.9. The summed E-state index contributed by atoms with van der Waals surface area (Å²) in [5, 5.41) is 307. The summed E-state index contributed by atoms with van der Waals surface area (Å²) in [5.41, 5.74) is -1.76. The van der Waals surface area contributed by atoms with Crippen LogP contribution in [0.2, 0.25) is 0 Å². The molecule has 0 spiro atoms. The second-order valence-corrected chi connectivity index (χ2v) is 34.9. The molecule has 8 heterocycles. The summed E-state index contributed by atoms with van der Waals surface area (Å²) < 4.78 is 96.2. The molecule has 8 aliphatic heterocycles. The van der Waals surface area contributed by atoms with Crippen LogP contribution in [-0.2, 0) is 88.6 Å². The van der Waals surface area contributed by atoms with Crippen LogP contribution in [0.1, 0.15) is 141 Å². The number of hydrogen-bond acceptors (Lipinski definition) is 44. The lowest BCUT2D eigenvalue weighted by molar-refractivity contribution is -0.365. The van der Waals surface area contributed by atoms with Crippen molar-refractivity contribution < 1.29 is 219 Å². The zero-order chi connectivity index (χ0) is 92.0. The Balaban J connectivity index is 1.07. The molecule has 44 heteroatoms. The van der Waals surface area contributed by atoms with Gasteiger partial charge in [-0.05, 0) is 36.8 Å². The molecule has 1 aromatic rings. The van der Waals surface area contributed by atoms with E-state index in [9.17, 15) is 143 Å². The molecule has 9 rings (SSSR count). The fourth-order valence-electron chi connectivity index (χ4n) is 17.5. The van der Waals surface area contributed by atoms with Crippen LogP contribution in [0, 0.1) is 10.8 Å². The minimum atomic E-state index is -2.05. The lowest BCUT2D eigenvalue weighted by atomic mass is 9.76. The largest absolute Gasteiger partial charge is 0.394 e. The second kappa shape index (κ2) is 51.4. The molecule has 0 aromatic heterocycles. The molecule has 0 bridgehead atoms. The van der Waals surface area contributed by atoms with Crippen LogP contribution < -0.4 is 0 Å². The Hall–Kier alpha value is -2.54. The first kappa shape index (κ1) is 107. The van der Waals surface area contributed by atoms with Crippen LogP contribution >= 0.6 is 0 Å².